The number of amides is 1. The van der Waals surface area contributed by atoms with Crippen LogP contribution in [0.5, 0.6) is 5.75 Å². The maximum Gasteiger partial charge on any atom is 0.258 e. The van der Waals surface area contributed by atoms with Gasteiger partial charge in [0.15, 0.2) is 6.61 Å². The molecule has 1 aromatic carbocycles. The Morgan fingerprint density at radius 3 is 3.06 bits per heavy atom. The fraction of sp³-hybridized carbons (Fsp3) is 0.308. The highest BCUT2D eigenvalue weighted by atomic mass is 16.5. The summed E-state index contributed by atoms with van der Waals surface area (Å²) in [6.07, 6.45) is 5.02. The van der Waals surface area contributed by atoms with E-state index in [4.69, 9.17) is 11.2 Å². The third-order valence-corrected chi connectivity index (χ3v) is 2.04. The molecule has 17 heavy (non-hydrogen) atoms. The average molecular weight is 232 g/mol. The summed E-state index contributed by atoms with van der Waals surface area (Å²) in [6, 6.07) is 7.59. The van der Waals surface area contributed by atoms with Gasteiger partial charge in [-0.1, -0.05) is 18.1 Å². The van der Waals surface area contributed by atoms with Crippen molar-refractivity contribution < 1.29 is 9.53 Å². The standard InChI is InChI=1S/C13H16N2O2/c1-3-7-15-13(16)10-17-12-6-4-5-11(8-12)9-14-2/h1,4-6,8,14H,7,9-10H2,2H3,(H,15,16). The molecule has 1 rings (SSSR count). The zero-order chi connectivity index (χ0) is 12.5. The Hall–Kier alpha value is -1.99. The van der Waals surface area contributed by atoms with Crippen LogP contribution in [0.25, 0.3) is 0 Å². The summed E-state index contributed by atoms with van der Waals surface area (Å²) < 4.78 is 5.34. The minimum absolute atomic E-state index is 0.0231. The van der Waals surface area contributed by atoms with Crippen LogP contribution in [-0.4, -0.2) is 26.1 Å². The van der Waals surface area contributed by atoms with Crippen LogP contribution in [-0.2, 0) is 11.3 Å². The van der Waals surface area contributed by atoms with Crippen LogP contribution in [0, 0.1) is 12.3 Å². The van der Waals surface area contributed by atoms with Gasteiger partial charge >= 0.3 is 0 Å². The topological polar surface area (TPSA) is 50.4 Å². The summed E-state index contributed by atoms with van der Waals surface area (Å²) in [7, 11) is 1.88. The second-order valence-corrected chi connectivity index (χ2v) is 3.45. The number of rotatable bonds is 6. The lowest BCUT2D eigenvalue weighted by Crippen LogP contribution is -2.29. The Kier molecular flexibility index (Phi) is 5.62. The highest BCUT2D eigenvalue weighted by molar-refractivity contribution is 5.77. The largest absolute Gasteiger partial charge is 0.484 e. The van der Waals surface area contributed by atoms with Gasteiger partial charge in [-0.15, -0.1) is 6.42 Å². The van der Waals surface area contributed by atoms with Crippen molar-refractivity contribution in [1.82, 2.24) is 10.6 Å². The van der Waals surface area contributed by atoms with Gasteiger partial charge in [0.25, 0.3) is 5.91 Å². The maximum absolute atomic E-state index is 11.2. The number of hydrogen-bond donors (Lipinski definition) is 2. The number of benzene rings is 1. The van der Waals surface area contributed by atoms with Gasteiger partial charge in [-0.05, 0) is 24.7 Å². The molecule has 0 aromatic heterocycles. The van der Waals surface area contributed by atoms with Gasteiger partial charge in [-0.25, -0.2) is 0 Å². The molecular formula is C13H16N2O2. The Bertz CT molecular complexity index is 410. The zero-order valence-electron chi connectivity index (χ0n) is 9.82. The molecule has 0 atom stereocenters. The fourth-order valence-corrected chi connectivity index (χ4v) is 1.30. The molecule has 1 amide bonds. The van der Waals surface area contributed by atoms with E-state index in [1.807, 2.05) is 31.3 Å². The quantitative estimate of drug-likeness (QED) is 0.704. The van der Waals surface area contributed by atoms with Crippen LogP contribution in [0.1, 0.15) is 5.56 Å². The van der Waals surface area contributed by atoms with E-state index in [0.717, 1.165) is 12.1 Å². The van der Waals surface area contributed by atoms with Crippen molar-refractivity contribution in [3.8, 4) is 18.1 Å². The van der Waals surface area contributed by atoms with Gasteiger partial charge in [0.1, 0.15) is 5.75 Å². The molecule has 2 N–H and O–H groups in total. The minimum atomic E-state index is -0.220. The normalized spacial score (nSPS) is 9.41. The number of carbonyl (C=O) groups is 1. The SMILES string of the molecule is C#CCNC(=O)COc1cccc(CNC)c1. The molecule has 0 bridgehead atoms. The molecule has 0 aliphatic heterocycles. The molecule has 0 unspecified atom stereocenters. The molecule has 0 heterocycles. The zero-order valence-corrected chi connectivity index (χ0v) is 9.82. The molecule has 0 spiro atoms. The minimum Gasteiger partial charge on any atom is -0.484 e. The summed E-state index contributed by atoms with van der Waals surface area (Å²) in [6.45, 7) is 0.965. The first-order chi connectivity index (χ1) is 8.26. The summed E-state index contributed by atoms with van der Waals surface area (Å²) >= 11 is 0. The molecule has 0 saturated heterocycles. The summed E-state index contributed by atoms with van der Waals surface area (Å²) in [4.78, 5) is 11.2. The van der Waals surface area contributed by atoms with E-state index in [1.54, 1.807) is 0 Å². The lowest BCUT2D eigenvalue weighted by atomic mass is 10.2. The Balaban J connectivity index is 2.43. The fourth-order valence-electron chi connectivity index (χ4n) is 1.30. The summed E-state index contributed by atoms with van der Waals surface area (Å²) in [5, 5.41) is 5.58. The smallest absolute Gasteiger partial charge is 0.258 e. The molecule has 0 aliphatic carbocycles. The highest BCUT2D eigenvalue weighted by Crippen LogP contribution is 2.12. The third kappa shape index (κ3) is 5.05. The van der Waals surface area contributed by atoms with E-state index >= 15 is 0 Å². The first-order valence-electron chi connectivity index (χ1n) is 5.32. The van der Waals surface area contributed by atoms with Crippen molar-refractivity contribution in [3.05, 3.63) is 29.8 Å². The molecule has 0 radical (unpaired) electrons. The Morgan fingerprint density at radius 1 is 1.53 bits per heavy atom. The molecule has 1 aromatic rings. The average Bonchev–Trinajstić information content (AvgIpc) is 2.35. The van der Waals surface area contributed by atoms with Crippen molar-refractivity contribution in [2.24, 2.45) is 0 Å². The van der Waals surface area contributed by atoms with Crippen molar-refractivity contribution in [3.63, 3.8) is 0 Å². The Labute approximate surface area is 101 Å². The first-order valence-corrected chi connectivity index (χ1v) is 5.32. The molecule has 90 valence electrons. The van der Waals surface area contributed by atoms with Crippen LogP contribution in [0.2, 0.25) is 0 Å². The van der Waals surface area contributed by atoms with Crippen molar-refractivity contribution in [2.75, 3.05) is 20.2 Å². The van der Waals surface area contributed by atoms with Crippen LogP contribution < -0.4 is 15.4 Å². The van der Waals surface area contributed by atoms with Crippen LogP contribution in [0.15, 0.2) is 24.3 Å². The van der Waals surface area contributed by atoms with E-state index in [-0.39, 0.29) is 19.1 Å². The number of terminal acetylenes is 1. The van der Waals surface area contributed by atoms with Gasteiger partial charge in [-0.2, -0.15) is 0 Å². The van der Waals surface area contributed by atoms with Gasteiger partial charge < -0.3 is 15.4 Å². The monoisotopic (exact) mass is 232 g/mol. The predicted molar refractivity (Wildman–Crippen MR) is 66.5 cm³/mol. The molecule has 0 aliphatic rings. The van der Waals surface area contributed by atoms with Crippen LogP contribution in [0.3, 0.4) is 0 Å². The van der Waals surface area contributed by atoms with Gasteiger partial charge in [-0.3, -0.25) is 4.79 Å². The van der Waals surface area contributed by atoms with Crippen molar-refractivity contribution >= 4 is 5.91 Å². The molecule has 4 nitrogen and oxygen atoms in total. The van der Waals surface area contributed by atoms with Crippen LogP contribution in [0.4, 0.5) is 0 Å². The highest BCUT2D eigenvalue weighted by Gasteiger charge is 2.01. The van der Waals surface area contributed by atoms with Crippen molar-refractivity contribution in [2.45, 2.75) is 6.54 Å². The van der Waals surface area contributed by atoms with Gasteiger partial charge in [0, 0.05) is 6.54 Å². The number of carbonyl (C=O) groups excluding carboxylic acids is 1. The Morgan fingerprint density at radius 2 is 2.35 bits per heavy atom. The first kappa shape index (κ1) is 13.1. The molecule has 0 fully saturated rings. The molecule has 4 heteroatoms. The van der Waals surface area contributed by atoms with Crippen LogP contribution >= 0.6 is 0 Å². The summed E-state index contributed by atoms with van der Waals surface area (Å²) in [5.74, 6) is 2.78. The number of ether oxygens (including phenoxy) is 1. The van der Waals surface area contributed by atoms with E-state index in [2.05, 4.69) is 16.6 Å². The third-order valence-electron chi connectivity index (χ3n) is 2.04. The van der Waals surface area contributed by atoms with E-state index < -0.39 is 0 Å². The predicted octanol–water partition coefficient (Wildman–Crippen LogP) is 0.534. The van der Waals surface area contributed by atoms with E-state index in [1.165, 1.54) is 0 Å². The molecular weight excluding hydrogens is 216 g/mol. The lowest BCUT2D eigenvalue weighted by molar-refractivity contribution is -0.122. The second-order valence-electron chi connectivity index (χ2n) is 3.45. The van der Waals surface area contributed by atoms with Crippen molar-refractivity contribution in [1.29, 1.82) is 0 Å². The number of hydrogen-bond acceptors (Lipinski definition) is 3. The second kappa shape index (κ2) is 7.31. The van der Waals surface area contributed by atoms with Gasteiger partial charge in [0.05, 0.1) is 6.54 Å². The lowest BCUT2D eigenvalue weighted by Gasteiger charge is -2.07. The molecule has 0 saturated carbocycles. The number of nitrogens with one attached hydrogen (secondary N) is 2. The van der Waals surface area contributed by atoms with Gasteiger partial charge in [0.2, 0.25) is 0 Å². The maximum atomic E-state index is 11.2. The van der Waals surface area contributed by atoms with E-state index in [9.17, 15) is 4.79 Å². The summed E-state index contributed by atoms with van der Waals surface area (Å²) in [5.41, 5.74) is 1.11. The van der Waals surface area contributed by atoms with E-state index in [0.29, 0.717) is 5.75 Å².